The van der Waals surface area contributed by atoms with E-state index in [9.17, 15) is 13.2 Å². The molecule has 0 aliphatic heterocycles. The molecule has 0 spiro atoms. The van der Waals surface area contributed by atoms with Crippen LogP contribution in [0.25, 0.3) is 0 Å². The minimum Gasteiger partial charge on any atom is -0.207 e. The van der Waals surface area contributed by atoms with Gasteiger partial charge in [-0.2, -0.15) is 10.2 Å². The second kappa shape index (κ2) is 4.02. The molecule has 70 valence electrons. The Morgan fingerprint density at radius 2 is 1.69 bits per heavy atom. The van der Waals surface area contributed by atoms with E-state index in [0.29, 0.717) is 12.1 Å². The van der Waals surface area contributed by atoms with Crippen molar-refractivity contribution in [2.75, 3.05) is 7.05 Å². The van der Waals surface area contributed by atoms with Crippen LogP contribution >= 0.6 is 0 Å². The maximum absolute atomic E-state index is 12.9. The lowest BCUT2D eigenvalue weighted by molar-refractivity contribution is 0.523. The van der Waals surface area contributed by atoms with E-state index in [1.165, 1.54) is 7.05 Å². The molecule has 0 fully saturated rings. The smallest absolute Gasteiger partial charge is 0.134 e. The Morgan fingerprint density at radius 1 is 1.15 bits per heavy atom. The Balaban J connectivity index is 3.05. The molecular weight excluding hydrogens is 181 g/mol. The molecule has 1 rings (SSSR count). The van der Waals surface area contributed by atoms with E-state index in [0.717, 1.165) is 0 Å². The first kappa shape index (κ1) is 9.70. The number of hydrogen-bond donors (Lipinski definition) is 0. The Morgan fingerprint density at radius 3 is 2.15 bits per heavy atom. The number of nitrogens with zero attached hydrogens (tertiary/aromatic N) is 2. The molecule has 0 heterocycles. The zero-order valence-corrected chi connectivity index (χ0v) is 6.89. The van der Waals surface area contributed by atoms with E-state index in [1.807, 2.05) is 0 Å². The molecule has 1 aromatic carbocycles. The summed E-state index contributed by atoms with van der Waals surface area (Å²) in [5, 5.41) is 6.75. The lowest BCUT2D eigenvalue weighted by Gasteiger charge is -2.00. The molecule has 0 aromatic heterocycles. The van der Waals surface area contributed by atoms with Gasteiger partial charge in [0.15, 0.2) is 0 Å². The van der Waals surface area contributed by atoms with Crippen LogP contribution in [-0.4, -0.2) is 7.05 Å². The van der Waals surface area contributed by atoms with Crippen LogP contribution in [-0.2, 0) is 6.54 Å². The van der Waals surface area contributed by atoms with Gasteiger partial charge in [-0.3, -0.25) is 0 Å². The third-order valence-electron chi connectivity index (χ3n) is 1.48. The standard InChI is InChI=1S/C8H7F3N2/c1-12-13-4-6-7(10)2-5(9)3-8(6)11/h2-3H,4H2,1H3. The van der Waals surface area contributed by atoms with Gasteiger partial charge in [-0.05, 0) is 0 Å². The molecule has 5 heteroatoms. The topological polar surface area (TPSA) is 24.7 Å². The minimum absolute atomic E-state index is 0.214. The van der Waals surface area contributed by atoms with E-state index in [1.54, 1.807) is 0 Å². The summed E-state index contributed by atoms with van der Waals surface area (Å²) in [6, 6.07) is 1.23. The average molecular weight is 188 g/mol. The van der Waals surface area contributed by atoms with Crippen LogP contribution in [0.15, 0.2) is 22.4 Å². The van der Waals surface area contributed by atoms with Crippen molar-refractivity contribution in [1.29, 1.82) is 0 Å². The highest BCUT2D eigenvalue weighted by molar-refractivity contribution is 5.20. The summed E-state index contributed by atoms with van der Waals surface area (Å²) in [6.45, 7) is -0.214. The Labute approximate surface area is 73.1 Å². The third kappa shape index (κ3) is 2.27. The van der Waals surface area contributed by atoms with Crippen LogP contribution in [0.1, 0.15) is 5.56 Å². The van der Waals surface area contributed by atoms with Gasteiger partial charge in [-0.15, -0.1) is 0 Å². The van der Waals surface area contributed by atoms with Crippen molar-refractivity contribution in [2.45, 2.75) is 6.54 Å². The molecule has 0 radical (unpaired) electrons. The molecule has 0 atom stereocenters. The SMILES string of the molecule is CN=NCc1c(F)cc(F)cc1F. The normalized spacial score (nSPS) is 11.1. The highest BCUT2D eigenvalue weighted by Crippen LogP contribution is 2.15. The summed E-state index contributed by atoms with van der Waals surface area (Å²) in [7, 11) is 1.39. The summed E-state index contributed by atoms with van der Waals surface area (Å²) in [5.74, 6) is -2.82. The number of azo groups is 1. The number of halogens is 3. The molecule has 0 bridgehead atoms. The molecule has 0 saturated carbocycles. The first-order valence-electron chi connectivity index (χ1n) is 3.54. The molecule has 0 amide bonds. The van der Waals surface area contributed by atoms with Gasteiger partial charge in [0.25, 0.3) is 0 Å². The largest absolute Gasteiger partial charge is 0.207 e. The fourth-order valence-corrected chi connectivity index (χ4v) is 0.865. The minimum atomic E-state index is -0.940. The Kier molecular flexibility index (Phi) is 3.00. The third-order valence-corrected chi connectivity index (χ3v) is 1.48. The van der Waals surface area contributed by atoms with Crippen molar-refractivity contribution in [2.24, 2.45) is 10.2 Å². The van der Waals surface area contributed by atoms with Gasteiger partial charge in [0.05, 0.1) is 6.54 Å². The second-order valence-corrected chi connectivity index (χ2v) is 2.35. The van der Waals surface area contributed by atoms with Gasteiger partial charge in [-0.1, -0.05) is 0 Å². The van der Waals surface area contributed by atoms with Crippen molar-refractivity contribution >= 4 is 0 Å². The predicted molar refractivity (Wildman–Crippen MR) is 40.8 cm³/mol. The zero-order valence-electron chi connectivity index (χ0n) is 6.89. The summed E-state index contributed by atoms with van der Waals surface area (Å²) >= 11 is 0. The van der Waals surface area contributed by atoms with Crippen LogP contribution in [0.4, 0.5) is 13.2 Å². The number of hydrogen-bond acceptors (Lipinski definition) is 2. The first-order valence-corrected chi connectivity index (χ1v) is 3.54. The van der Waals surface area contributed by atoms with Crippen molar-refractivity contribution in [3.8, 4) is 0 Å². The van der Waals surface area contributed by atoms with Crippen LogP contribution in [0.3, 0.4) is 0 Å². The highest BCUT2D eigenvalue weighted by Gasteiger charge is 2.10. The van der Waals surface area contributed by atoms with Gasteiger partial charge in [0.2, 0.25) is 0 Å². The Bertz CT molecular complexity index is 313. The number of benzene rings is 1. The number of rotatable bonds is 2. The fourth-order valence-electron chi connectivity index (χ4n) is 0.865. The predicted octanol–water partition coefficient (Wildman–Crippen LogP) is 2.69. The van der Waals surface area contributed by atoms with Gasteiger partial charge >= 0.3 is 0 Å². The van der Waals surface area contributed by atoms with Crippen LogP contribution < -0.4 is 0 Å². The molecule has 1 aromatic rings. The molecule has 0 aliphatic carbocycles. The average Bonchev–Trinajstić information content (AvgIpc) is 2.02. The summed E-state index contributed by atoms with van der Waals surface area (Å²) < 4.78 is 38.1. The zero-order chi connectivity index (χ0) is 9.84. The molecule has 0 aliphatic rings. The van der Waals surface area contributed by atoms with Crippen LogP contribution in [0.2, 0.25) is 0 Å². The van der Waals surface area contributed by atoms with Crippen molar-refractivity contribution in [1.82, 2.24) is 0 Å². The van der Waals surface area contributed by atoms with E-state index in [4.69, 9.17) is 0 Å². The van der Waals surface area contributed by atoms with Gasteiger partial charge in [0.1, 0.15) is 17.5 Å². The van der Waals surface area contributed by atoms with E-state index in [-0.39, 0.29) is 12.1 Å². The maximum Gasteiger partial charge on any atom is 0.134 e. The van der Waals surface area contributed by atoms with Crippen molar-refractivity contribution in [3.05, 3.63) is 35.1 Å². The second-order valence-electron chi connectivity index (χ2n) is 2.35. The molecule has 0 N–H and O–H groups in total. The van der Waals surface area contributed by atoms with E-state index >= 15 is 0 Å². The lowest BCUT2D eigenvalue weighted by atomic mass is 10.2. The van der Waals surface area contributed by atoms with Gasteiger partial charge in [-0.25, -0.2) is 13.2 Å². The summed E-state index contributed by atoms with van der Waals surface area (Å²) in [6.07, 6.45) is 0. The fraction of sp³-hybridized carbons (Fsp3) is 0.250. The van der Waals surface area contributed by atoms with Crippen LogP contribution in [0.5, 0.6) is 0 Å². The quantitative estimate of drug-likeness (QED) is 0.637. The maximum atomic E-state index is 12.9. The van der Waals surface area contributed by atoms with Crippen molar-refractivity contribution in [3.63, 3.8) is 0 Å². The first-order chi connectivity index (χ1) is 6.15. The highest BCUT2D eigenvalue weighted by atomic mass is 19.1. The summed E-state index contributed by atoms with van der Waals surface area (Å²) in [5.41, 5.74) is -0.271. The van der Waals surface area contributed by atoms with Crippen molar-refractivity contribution < 1.29 is 13.2 Å². The van der Waals surface area contributed by atoms with E-state index in [2.05, 4.69) is 10.2 Å². The van der Waals surface area contributed by atoms with Gasteiger partial charge < -0.3 is 0 Å². The molecule has 13 heavy (non-hydrogen) atoms. The van der Waals surface area contributed by atoms with Gasteiger partial charge in [0, 0.05) is 24.7 Å². The lowest BCUT2D eigenvalue weighted by Crippen LogP contribution is -1.95. The Hall–Kier alpha value is -1.39. The monoisotopic (exact) mass is 188 g/mol. The molecule has 0 saturated heterocycles. The molecule has 0 unspecified atom stereocenters. The molecular formula is C8H7F3N2. The van der Waals surface area contributed by atoms with E-state index < -0.39 is 17.5 Å². The molecule has 2 nitrogen and oxygen atoms in total. The van der Waals surface area contributed by atoms with Crippen LogP contribution in [0, 0.1) is 17.5 Å². The summed E-state index contributed by atoms with van der Waals surface area (Å²) in [4.78, 5) is 0.